The first kappa shape index (κ1) is 21.8. The molecule has 1 fully saturated rings. The summed E-state index contributed by atoms with van der Waals surface area (Å²) in [5.41, 5.74) is 5.36. The number of hydrogen-bond acceptors (Lipinski definition) is 6. The van der Waals surface area contributed by atoms with Gasteiger partial charge in [-0.15, -0.1) is 11.3 Å². The van der Waals surface area contributed by atoms with E-state index in [-0.39, 0.29) is 17.8 Å². The van der Waals surface area contributed by atoms with Crippen LogP contribution in [0.5, 0.6) is 0 Å². The zero-order chi connectivity index (χ0) is 24.1. The standard InChI is InChI=1S/C28H24N2O4S/c1-16-13-30(14-17(2)33-16)20-9-6-18(7-10-20)27-29-24(15-35-27)19-8-11-25-23(12-19)21-4-3-5-22(28(31)32)26(21)34-25/h3-12,15-17H,13-14H2,1-2H3,(H,31,32). The molecule has 3 heterocycles. The Morgan fingerprint density at radius 1 is 1.00 bits per heavy atom. The van der Waals surface area contributed by atoms with Crippen molar-refractivity contribution in [3.8, 4) is 21.8 Å². The van der Waals surface area contributed by atoms with E-state index in [1.54, 1.807) is 23.5 Å². The number of furan rings is 1. The van der Waals surface area contributed by atoms with E-state index in [4.69, 9.17) is 14.1 Å². The summed E-state index contributed by atoms with van der Waals surface area (Å²) in [6, 6.07) is 19.6. The Kier molecular flexibility index (Phi) is 5.31. The average molecular weight is 485 g/mol. The minimum absolute atomic E-state index is 0.167. The third kappa shape index (κ3) is 3.96. The van der Waals surface area contributed by atoms with Crippen LogP contribution in [-0.4, -0.2) is 41.4 Å². The Morgan fingerprint density at radius 3 is 2.49 bits per heavy atom. The van der Waals surface area contributed by atoms with Crippen molar-refractivity contribution in [3.05, 3.63) is 71.6 Å². The van der Waals surface area contributed by atoms with Gasteiger partial charge in [0.25, 0.3) is 0 Å². The molecule has 6 rings (SSSR count). The fraction of sp³-hybridized carbons (Fsp3) is 0.214. The second kappa shape index (κ2) is 8.52. The van der Waals surface area contributed by atoms with Crippen LogP contribution in [0, 0.1) is 0 Å². The number of benzene rings is 3. The number of aromatic carboxylic acids is 1. The van der Waals surface area contributed by atoms with E-state index in [2.05, 4.69) is 48.4 Å². The lowest BCUT2D eigenvalue weighted by molar-refractivity contribution is -0.00522. The van der Waals surface area contributed by atoms with Crippen molar-refractivity contribution in [2.75, 3.05) is 18.0 Å². The van der Waals surface area contributed by atoms with E-state index in [1.807, 2.05) is 24.3 Å². The summed E-state index contributed by atoms with van der Waals surface area (Å²) in [6.45, 7) is 6.01. The molecule has 6 nitrogen and oxygen atoms in total. The summed E-state index contributed by atoms with van der Waals surface area (Å²) in [5, 5.41) is 14.2. The number of para-hydroxylation sites is 1. The first-order valence-electron chi connectivity index (χ1n) is 11.6. The number of nitrogens with zero attached hydrogens (tertiary/aromatic N) is 2. The van der Waals surface area contributed by atoms with Crippen molar-refractivity contribution < 1.29 is 19.1 Å². The fourth-order valence-electron chi connectivity index (χ4n) is 4.87. The van der Waals surface area contributed by atoms with Gasteiger partial charge in [-0.25, -0.2) is 9.78 Å². The number of aromatic nitrogens is 1. The van der Waals surface area contributed by atoms with Crippen LogP contribution in [0.2, 0.25) is 0 Å². The highest BCUT2D eigenvalue weighted by Gasteiger charge is 2.22. The van der Waals surface area contributed by atoms with Gasteiger partial charge in [0, 0.05) is 46.1 Å². The van der Waals surface area contributed by atoms with Gasteiger partial charge in [0.05, 0.1) is 17.9 Å². The van der Waals surface area contributed by atoms with E-state index in [1.165, 1.54) is 5.69 Å². The number of thiazole rings is 1. The molecule has 0 spiro atoms. The third-order valence-electron chi connectivity index (χ3n) is 6.43. The van der Waals surface area contributed by atoms with Gasteiger partial charge in [-0.05, 0) is 62.4 Å². The predicted octanol–water partition coefficient (Wildman–Crippen LogP) is 6.69. The number of morpholine rings is 1. The summed E-state index contributed by atoms with van der Waals surface area (Å²) in [6.07, 6.45) is 0.445. The summed E-state index contributed by atoms with van der Waals surface area (Å²) < 4.78 is 11.7. The molecule has 3 aromatic carbocycles. The van der Waals surface area contributed by atoms with Crippen molar-refractivity contribution in [3.63, 3.8) is 0 Å². The molecule has 1 saturated heterocycles. The quantitative estimate of drug-likeness (QED) is 0.306. The van der Waals surface area contributed by atoms with Crippen LogP contribution < -0.4 is 4.90 Å². The number of carboxylic acid groups (broad SMARTS) is 1. The maximum absolute atomic E-state index is 11.6. The van der Waals surface area contributed by atoms with Crippen LogP contribution in [-0.2, 0) is 4.74 Å². The molecule has 35 heavy (non-hydrogen) atoms. The van der Waals surface area contributed by atoms with Crippen LogP contribution in [0.15, 0.2) is 70.5 Å². The molecule has 5 aromatic rings. The molecule has 0 aliphatic carbocycles. The molecular formula is C28H24N2O4S. The number of carbonyl (C=O) groups is 1. The monoisotopic (exact) mass is 484 g/mol. The van der Waals surface area contributed by atoms with Gasteiger partial charge >= 0.3 is 5.97 Å². The Morgan fingerprint density at radius 2 is 1.74 bits per heavy atom. The smallest absolute Gasteiger partial charge is 0.339 e. The van der Waals surface area contributed by atoms with E-state index in [0.29, 0.717) is 11.2 Å². The van der Waals surface area contributed by atoms with Crippen molar-refractivity contribution >= 4 is 44.9 Å². The number of ether oxygens (including phenoxy) is 1. The molecule has 1 N–H and O–H groups in total. The fourth-order valence-corrected chi connectivity index (χ4v) is 5.70. The second-order valence-corrected chi connectivity index (χ2v) is 9.91. The van der Waals surface area contributed by atoms with Crippen molar-refractivity contribution in [2.24, 2.45) is 0 Å². The van der Waals surface area contributed by atoms with Crippen molar-refractivity contribution in [1.82, 2.24) is 4.98 Å². The zero-order valence-corrected chi connectivity index (χ0v) is 20.2. The van der Waals surface area contributed by atoms with Crippen molar-refractivity contribution in [2.45, 2.75) is 26.1 Å². The molecule has 0 amide bonds. The Balaban J connectivity index is 1.30. The number of fused-ring (bicyclic) bond motifs is 3. The van der Waals surface area contributed by atoms with E-state index in [9.17, 15) is 9.90 Å². The Hall–Kier alpha value is -3.68. The van der Waals surface area contributed by atoms with Gasteiger partial charge in [-0.2, -0.15) is 0 Å². The lowest BCUT2D eigenvalue weighted by atomic mass is 10.1. The molecule has 0 saturated carbocycles. The van der Waals surface area contributed by atoms with Crippen LogP contribution in [0.3, 0.4) is 0 Å². The maximum Gasteiger partial charge on any atom is 0.339 e. The number of hydrogen-bond donors (Lipinski definition) is 1. The first-order chi connectivity index (χ1) is 17.0. The Labute approximate surface area is 206 Å². The molecule has 1 aliphatic rings. The molecular weight excluding hydrogens is 460 g/mol. The minimum atomic E-state index is -0.998. The average Bonchev–Trinajstić information content (AvgIpc) is 3.48. The molecule has 2 atom stereocenters. The Bertz CT molecular complexity index is 1540. The van der Waals surface area contributed by atoms with E-state index in [0.717, 1.165) is 45.7 Å². The van der Waals surface area contributed by atoms with Crippen LogP contribution >= 0.6 is 11.3 Å². The van der Waals surface area contributed by atoms with Crippen molar-refractivity contribution in [1.29, 1.82) is 0 Å². The van der Waals surface area contributed by atoms with E-state index < -0.39 is 5.97 Å². The van der Waals surface area contributed by atoms with Gasteiger partial charge < -0.3 is 19.2 Å². The summed E-state index contributed by atoms with van der Waals surface area (Å²) in [5.74, 6) is -0.998. The minimum Gasteiger partial charge on any atom is -0.478 e. The lowest BCUT2D eigenvalue weighted by Crippen LogP contribution is -2.45. The molecule has 1 aliphatic heterocycles. The van der Waals surface area contributed by atoms with Gasteiger partial charge in [-0.1, -0.05) is 12.1 Å². The zero-order valence-electron chi connectivity index (χ0n) is 19.4. The van der Waals surface area contributed by atoms with E-state index >= 15 is 0 Å². The summed E-state index contributed by atoms with van der Waals surface area (Å²) in [7, 11) is 0. The van der Waals surface area contributed by atoms with Gasteiger partial charge in [0.2, 0.25) is 0 Å². The number of carboxylic acids is 1. The molecule has 0 radical (unpaired) electrons. The molecule has 2 aromatic heterocycles. The maximum atomic E-state index is 11.6. The van der Waals surface area contributed by atoms with Crippen LogP contribution in [0.25, 0.3) is 43.8 Å². The molecule has 2 unspecified atom stereocenters. The topological polar surface area (TPSA) is 75.8 Å². The molecule has 176 valence electrons. The highest BCUT2D eigenvalue weighted by molar-refractivity contribution is 7.13. The second-order valence-electron chi connectivity index (χ2n) is 9.05. The van der Waals surface area contributed by atoms with Crippen LogP contribution in [0.4, 0.5) is 5.69 Å². The highest BCUT2D eigenvalue weighted by Crippen LogP contribution is 2.36. The van der Waals surface area contributed by atoms with Gasteiger partial charge in [0.1, 0.15) is 21.7 Å². The largest absolute Gasteiger partial charge is 0.478 e. The third-order valence-corrected chi connectivity index (χ3v) is 7.32. The van der Waals surface area contributed by atoms with Gasteiger partial charge in [0.15, 0.2) is 0 Å². The molecule has 0 bridgehead atoms. The first-order valence-corrected chi connectivity index (χ1v) is 12.5. The highest BCUT2D eigenvalue weighted by atomic mass is 32.1. The lowest BCUT2D eigenvalue weighted by Gasteiger charge is -2.36. The number of anilines is 1. The van der Waals surface area contributed by atoms with Crippen LogP contribution in [0.1, 0.15) is 24.2 Å². The normalized spacial score (nSPS) is 18.4. The predicted molar refractivity (Wildman–Crippen MR) is 139 cm³/mol. The molecule has 7 heteroatoms. The summed E-state index contributed by atoms with van der Waals surface area (Å²) in [4.78, 5) is 18.8. The SMILES string of the molecule is CC1CN(c2ccc(-c3nc(-c4ccc5oc6c(C(=O)O)cccc6c5c4)cs3)cc2)CC(C)O1. The van der Waals surface area contributed by atoms with Gasteiger partial charge in [-0.3, -0.25) is 0 Å². The number of rotatable bonds is 4. The summed E-state index contributed by atoms with van der Waals surface area (Å²) >= 11 is 1.61.